The van der Waals surface area contributed by atoms with Crippen molar-refractivity contribution in [1.82, 2.24) is 5.32 Å². The first-order valence-electron chi connectivity index (χ1n) is 6.06. The molecule has 2 nitrogen and oxygen atoms in total. The number of hydrogen-bond acceptors (Lipinski definition) is 2. The van der Waals surface area contributed by atoms with Crippen LogP contribution < -0.4 is 5.32 Å². The van der Waals surface area contributed by atoms with Gasteiger partial charge in [-0.2, -0.15) is 0 Å². The maximum absolute atomic E-state index is 12.0. The molecule has 0 heterocycles. The molecule has 3 heteroatoms. The minimum Gasteiger partial charge on any atom is -0.307 e. The number of rotatable bonds is 6. The van der Waals surface area contributed by atoms with E-state index in [1.165, 1.54) is 0 Å². The van der Waals surface area contributed by atoms with Crippen molar-refractivity contribution in [1.29, 1.82) is 0 Å². The molecule has 0 aliphatic carbocycles. The highest BCUT2D eigenvalue weighted by Crippen LogP contribution is 2.13. The molecule has 0 radical (unpaired) electrons. The van der Waals surface area contributed by atoms with E-state index in [1.54, 1.807) is 0 Å². The first-order chi connectivity index (χ1) is 8.04. The van der Waals surface area contributed by atoms with E-state index >= 15 is 0 Å². The van der Waals surface area contributed by atoms with Crippen LogP contribution in [0.3, 0.4) is 0 Å². The van der Waals surface area contributed by atoms with Crippen LogP contribution in [0.1, 0.15) is 26.3 Å². The van der Waals surface area contributed by atoms with Crippen molar-refractivity contribution in [3.8, 4) is 0 Å². The monoisotopic (exact) mass is 253 g/mol. The SMILES string of the molecule is CCN[C@H](Cc1cccc(Cl)c1)C(=O)C(C)C. The number of carbonyl (C=O) groups is 1. The number of halogens is 1. The average molecular weight is 254 g/mol. The summed E-state index contributed by atoms with van der Waals surface area (Å²) in [7, 11) is 0. The Morgan fingerprint density at radius 2 is 2.12 bits per heavy atom. The Morgan fingerprint density at radius 3 is 2.65 bits per heavy atom. The third kappa shape index (κ3) is 4.49. The van der Waals surface area contributed by atoms with Crippen LogP contribution >= 0.6 is 11.6 Å². The Labute approximate surface area is 108 Å². The maximum atomic E-state index is 12.0. The van der Waals surface area contributed by atoms with Gasteiger partial charge < -0.3 is 5.32 Å². The van der Waals surface area contributed by atoms with Crippen LogP contribution in [0, 0.1) is 5.92 Å². The van der Waals surface area contributed by atoms with Gasteiger partial charge in [0.05, 0.1) is 6.04 Å². The third-order valence-electron chi connectivity index (χ3n) is 2.69. The molecule has 0 unspecified atom stereocenters. The summed E-state index contributed by atoms with van der Waals surface area (Å²) in [6, 6.07) is 7.57. The summed E-state index contributed by atoms with van der Waals surface area (Å²) in [4.78, 5) is 12.0. The molecule has 17 heavy (non-hydrogen) atoms. The topological polar surface area (TPSA) is 29.1 Å². The van der Waals surface area contributed by atoms with Crippen LogP contribution in [-0.4, -0.2) is 18.4 Å². The van der Waals surface area contributed by atoms with Gasteiger partial charge in [0.1, 0.15) is 0 Å². The summed E-state index contributed by atoms with van der Waals surface area (Å²) in [5, 5.41) is 3.96. The fourth-order valence-electron chi connectivity index (χ4n) is 1.82. The van der Waals surface area contributed by atoms with Crippen molar-refractivity contribution in [2.75, 3.05) is 6.54 Å². The Morgan fingerprint density at radius 1 is 1.41 bits per heavy atom. The van der Waals surface area contributed by atoms with Crippen LogP contribution in [0.15, 0.2) is 24.3 Å². The van der Waals surface area contributed by atoms with Gasteiger partial charge in [0.15, 0.2) is 5.78 Å². The Hall–Kier alpha value is -0.860. The van der Waals surface area contributed by atoms with Gasteiger partial charge in [-0.3, -0.25) is 4.79 Å². The van der Waals surface area contributed by atoms with Crippen LogP contribution in [0.2, 0.25) is 5.02 Å². The maximum Gasteiger partial charge on any atom is 0.152 e. The molecular weight excluding hydrogens is 234 g/mol. The lowest BCUT2D eigenvalue weighted by atomic mass is 9.96. The van der Waals surface area contributed by atoms with Gasteiger partial charge in [0.2, 0.25) is 0 Å². The van der Waals surface area contributed by atoms with E-state index in [0.717, 1.165) is 17.1 Å². The minimum absolute atomic E-state index is 0.0539. The average Bonchev–Trinajstić information content (AvgIpc) is 2.27. The van der Waals surface area contributed by atoms with Crippen molar-refractivity contribution in [2.24, 2.45) is 5.92 Å². The predicted octanol–water partition coefficient (Wildman–Crippen LogP) is 3.09. The number of nitrogens with one attached hydrogen (secondary N) is 1. The smallest absolute Gasteiger partial charge is 0.152 e. The Balaban J connectivity index is 2.76. The number of ketones is 1. The molecule has 0 fully saturated rings. The largest absolute Gasteiger partial charge is 0.307 e. The van der Waals surface area contributed by atoms with Crippen LogP contribution in [0.5, 0.6) is 0 Å². The number of carbonyl (C=O) groups excluding carboxylic acids is 1. The zero-order chi connectivity index (χ0) is 12.8. The van der Waals surface area contributed by atoms with E-state index in [-0.39, 0.29) is 17.7 Å². The molecule has 0 bridgehead atoms. The second-order valence-corrected chi connectivity index (χ2v) is 4.94. The molecule has 1 aromatic rings. The van der Waals surface area contributed by atoms with Gasteiger partial charge >= 0.3 is 0 Å². The number of benzene rings is 1. The summed E-state index contributed by atoms with van der Waals surface area (Å²) < 4.78 is 0. The third-order valence-corrected chi connectivity index (χ3v) is 2.93. The van der Waals surface area contributed by atoms with Gasteiger partial charge in [-0.25, -0.2) is 0 Å². The predicted molar refractivity (Wildman–Crippen MR) is 72.5 cm³/mol. The van der Waals surface area contributed by atoms with Gasteiger partial charge in [0, 0.05) is 10.9 Å². The van der Waals surface area contributed by atoms with Crippen molar-refractivity contribution >= 4 is 17.4 Å². The normalized spacial score (nSPS) is 12.8. The van der Waals surface area contributed by atoms with E-state index in [9.17, 15) is 4.79 Å². The molecule has 0 amide bonds. The highest BCUT2D eigenvalue weighted by molar-refractivity contribution is 6.30. The Bertz CT molecular complexity index is 376. The molecule has 1 aromatic carbocycles. The molecule has 1 rings (SSSR count). The van der Waals surface area contributed by atoms with E-state index in [1.807, 2.05) is 45.0 Å². The van der Waals surface area contributed by atoms with Crippen LogP contribution in [0.4, 0.5) is 0 Å². The quantitative estimate of drug-likeness (QED) is 0.844. The number of Topliss-reactive ketones (excluding diaryl/α,β-unsaturated/α-hetero) is 1. The first-order valence-corrected chi connectivity index (χ1v) is 6.44. The van der Waals surface area contributed by atoms with E-state index in [4.69, 9.17) is 11.6 Å². The Kier molecular flexibility index (Phi) is 5.66. The fourth-order valence-corrected chi connectivity index (χ4v) is 2.03. The molecule has 94 valence electrons. The summed E-state index contributed by atoms with van der Waals surface area (Å²) in [5.41, 5.74) is 1.09. The summed E-state index contributed by atoms with van der Waals surface area (Å²) in [5.74, 6) is 0.310. The summed E-state index contributed by atoms with van der Waals surface area (Å²) in [6.45, 7) is 6.68. The minimum atomic E-state index is -0.113. The number of likely N-dealkylation sites (N-methyl/N-ethyl adjacent to an activating group) is 1. The lowest BCUT2D eigenvalue weighted by Crippen LogP contribution is -2.40. The zero-order valence-corrected chi connectivity index (χ0v) is 11.4. The van der Waals surface area contributed by atoms with Gasteiger partial charge in [-0.1, -0.05) is 44.5 Å². The summed E-state index contributed by atoms with van der Waals surface area (Å²) >= 11 is 5.94. The zero-order valence-electron chi connectivity index (χ0n) is 10.7. The van der Waals surface area contributed by atoms with Gasteiger partial charge in [0.25, 0.3) is 0 Å². The standard InChI is InChI=1S/C14H20ClNO/c1-4-16-13(14(17)10(2)3)9-11-6-5-7-12(15)8-11/h5-8,10,13,16H,4,9H2,1-3H3/t13-/m1/s1. The van der Waals surface area contributed by atoms with Crippen molar-refractivity contribution < 1.29 is 4.79 Å². The van der Waals surface area contributed by atoms with Crippen LogP contribution in [0.25, 0.3) is 0 Å². The molecule has 0 aromatic heterocycles. The first kappa shape index (κ1) is 14.2. The van der Waals surface area contributed by atoms with E-state index in [0.29, 0.717) is 6.42 Å². The van der Waals surface area contributed by atoms with Crippen molar-refractivity contribution in [3.63, 3.8) is 0 Å². The van der Waals surface area contributed by atoms with Crippen LogP contribution in [-0.2, 0) is 11.2 Å². The van der Waals surface area contributed by atoms with Crippen molar-refractivity contribution in [2.45, 2.75) is 33.2 Å². The number of hydrogen-bond donors (Lipinski definition) is 1. The molecule has 1 atom stereocenters. The highest BCUT2D eigenvalue weighted by Gasteiger charge is 2.20. The second kappa shape index (κ2) is 6.77. The fraction of sp³-hybridized carbons (Fsp3) is 0.500. The van der Waals surface area contributed by atoms with Gasteiger partial charge in [-0.05, 0) is 30.7 Å². The lowest BCUT2D eigenvalue weighted by molar-refractivity contribution is -0.123. The van der Waals surface area contributed by atoms with E-state index in [2.05, 4.69) is 5.32 Å². The molecule has 0 saturated carbocycles. The highest BCUT2D eigenvalue weighted by atomic mass is 35.5. The second-order valence-electron chi connectivity index (χ2n) is 4.50. The van der Waals surface area contributed by atoms with E-state index < -0.39 is 0 Å². The lowest BCUT2D eigenvalue weighted by Gasteiger charge is -2.18. The molecule has 1 N–H and O–H groups in total. The molecular formula is C14H20ClNO. The van der Waals surface area contributed by atoms with Gasteiger partial charge in [-0.15, -0.1) is 0 Å². The molecule has 0 spiro atoms. The molecule has 0 aliphatic heterocycles. The molecule has 0 saturated heterocycles. The van der Waals surface area contributed by atoms with Crippen molar-refractivity contribution in [3.05, 3.63) is 34.9 Å². The molecule has 0 aliphatic rings. The summed E-state index contributed by atoms with van der Waals surface area (Å²) in [6.07, 6.45) is 0.700.